The van der Waals surface area contributed by atoms with Gasteiger partial charge in [-0.25, -0.2) is 19.5 Å². The van der Waals surface area contributed by atoms with Gasteiger partial charge in [-0.05, 0) is 50.3 Å². The SMILES string of the molecule is Cc1ccc([C@H]2C[C@H]2c2nc3c4sc5nc(C)cc(C)c5c4ncn3n2)cc1. The molecule has 1 aromatic carbocycles. The topological polar surface area (TPSA) is 56.0 Å². The van der Waals surface area contributed by atoms with E-state index in [0.29, 0.717) is 11.8 Å². The van der Waals surface area contributed by atoms with E-state index >= 15 is 0 Å². The summed E-state index contributed by atoms with van der Waals surface area (Å²) in [7, 11) is 0. The van der Waals surface area contributed by atoms with Crippen molar-refractivity contribution in [3.05, 3.63) is 64.9 Å². The van der Waals surface area contributed by atoms with Gasteiger partial charge in [-0.3, -0.25) is 0 Å². The fraction of sp³-hybridized carbons (Fsp3) is 0.273. The number of rotatable bonds is 2. The molecule has 0 bridgehead atoms. The third kappa shape index (κ3) is 2.31. The zero-order chi connectivity index (χ0) is 19.0. The molecule has 138 valence electrons. The molecule has 0 spiro atoms. The highest BCUT2D eigenvalue weighted by molar-refractivity contribution is 7.26. The van der Waals surface area contributed by atoms with Gasteiger partial charge in [0.25, 0.3) is 0 Å². The van der Waals surface area contributed by atoms with Crippen LogP contribution in [0.2, 0.25) is 0 Å². The van der Waals surface area contributed by atoms with Gasteiger partial charge in [0.15, 0.2) is 11.5 Å². The van der Waals surface area contributed by atoms with Crippen LogP contribution in [0.3, 0.4) is 0 Å². The second-order valence-corrected chi connectivity index (χ2v) is 8.88. The maximum absolute atomic E-state index is 4.94. The van der Waals surface area contributed by atoms with Crippen LogP contribution in [0.5, 0.6) is 0 Å². The number of pyridine rings is 1. The van der Waals surface area contributed by atoms with Crippen molar-refractivity contribution in [2.24, 2.45) is 0 Å². The van der Waals surface area contributed by atoms with Gasteiger partial charge in [0.05, 0.1) is 5.52 Å². The Hall–Kier alpha value is -2.86. The summed E-state index contributed by atoms with van der Waals surface area (Å²) in [4.78, 5) is 15.4. The van der Waals surface area contributed by atoms with Crippen LogP contribution in [0.4, 0.5) is 0 Å². The molecule has 0 saturated heterocycles. The molecule has 1 aliphatic rings. The molecule has 0 aliphatic heterocycles. The zero-order valence-electron chi connectivity index (χ0n) is 16.0. The third-order valence-electron chi connectivity index (χ3n) is 5.74. The summed E-state index contributed by atoms with van der Waals surface area (Å²) in [6.45, 7) is 6.28. The minimum Gasteiger partial charge on any atom is -0.242 e. The molecule has 0 N–H and O–H groups in total. The molecule has 1 fully saturated rings. The van der Waals surface area contributed by atoms with E-state index in [-0.39, 0.29) is 0 Å². The molecule has 6 heteroatoms. The van der Waals surface area contributed by atoms with Crippen molar-refractivity contribution in [2.45, 2.75) is 39.0 Å². The average molecular weight is 385 g/mol. The molecule has 4 heterocycles. The summed E-state index contributed by atoms with van der Waals surface area (Å²) in [5.74, 6) is 1.85. The monoisotopic (exact) mass is 385 g/mol. The molecular weight excluding hydrogens is 366 g/mol. The van der Waals surface area contributed by atoms with Gasteiger partial charge < -0.3 is 0 Å². The first kappa shape index (κ1) is 16.1. The van der Waals surface area contributed by atoms with Crippen molar-refractivity contribution in [2.75, 3.05) is 0 Å². The van der Waals surface area contributed by atoms with Gasteiger partial charge in [-0.2, -0.15) is 0 Å². The number of nitrogens with zero attached hydrogens (tertiary/aromatic N) is 5. The van der Waals surface area contributed by atoms with Crippen LogP contribution in [0.25, 0.3) is 26.1 Å². The number of aromatic nitrogens is 5. The summed E-state index contributed by atoms with van der Waals surface area (Å²) in [6, 6.07) is 11.0. The van der Waals surface area contributed by atoms with E-state index in [1.54, 1.807) is 17.7 Å². The van der Waals surface area contributed by atoms with Gasteiger partial charge in [-0.1, -0.05) is 29.8 Å². The Morgan fingerprint density at radius 1 is 1.04 bits per heavy atom. The van der Waals surface area contributed by atoms with Crippen LogP contribution in [-0.2, 0) is 0 Å². The molecule has 5 aromatic rings. The summed E-state index contributed by atoms with van der Waals surface area (Å²) in [6.07, 6.45) is 2.91. The van der Waals surface area contributed by atoms with Crippen molar-refractivity contribution in [3.63, 3.8) is 0 Å². The third-order valence-corrected chi connectivity index (χ3v) is 6.81. The predicted molar refractivity (Wildman–Crippen MR) is 112 cm³/mol. The van der Waals surface area contributed by atoms with E-state index < -0.39 is 0 Å². The smallest absolute Gasteiger partial charge is 0.176 e. The Morgan fingerprint density at radius 3 is 2.68 bits per heavy atom. The van der Waals surface area contributed by atoms with Crippen molar-refractivity contribution in [3.8, 4) is 0 Å². The van der Waals surface area contributed by atoms with E-state index in [2.05, 4.69) is 44.2 Å². The molecule has 5 nitrogen and oxygen atoms in total. The van der Waals surface area contributed by atoms with Crippen LogP contribution in [0.1, 0.15) is 46.5 Å². The van der Waals surface area contributed by atoms with Crippen LogP contribution in [0.15, 0.2) is 36.7 Å². The van der Waals surface area contributed by atoms with E-state index in [1.165, 1.54) is 16.7 Å². The second-order valence-electron chi connectivity index (χ2n) is 7.88. The summed E-state index contributed by atoms with van der Waals surface area (Å²) in [5, 5.41) is 5.90. The van der Waals surface area contributed by atoms with Crippen molar-refractivity contribution >= 4 is 37.4 Å². The fourth-order valence-electron chi connectivity index (χ4n) is 4.20. The maximum atomic E-state index is 4.94. The van der Waals surface area contributed by atoms with Crippen LogP contribution in [-0.4, -0.2) is 24.6 Å². The van der Waals surface area contributed by atoms with Gasteiger partial charge >= 0.3 is 0 Å². The summed E-state index contributed by atoms with van der Waals surface area (Å²) >= 11 is 1.67. The van der Waals surface area contributed by atoms with Gasteiger partial charge in [0.1, 0.15) is 15.9 Å². The Balaban J connectivity index is 1.47. The highest BCUT2D eigenvalue weighted by Gasteiger charge is 2.42. The van der Waals surface area contributed by atoms with Crippen molar-refractivity contribution in [1.29, 1.82) is 0 Å². The molecule has 1 aliphatic carbocycles. The molecule has 0 amide bonds. The molecule has 0 radical (unpaired) electrons. The Labute approximate surface area is 166 Å². The van der Waals surface area contributed by atoms with E-state index in [1.807, 2.05) is 11.4 Å². The van der Waals surface area contributed by atoms with Crippen molar-refractivity contribution in [1.82, 2.24) is 24.6 Å². The number of fused-ring (bicyclic) bond motifs is 5. The highest BCUT2D eigenvalue weighted by atomic mass is 32.1. The lowest BCUT2D eigenvalue weighted by Crippen LogP contribution is -1.91. The van der Waals surface area contributed by atoms with E-state index in [4.69, 9.17) is 20.1 Å². The second kappa shape index (κ2) is 5.58. The molecule has 28 heavy (non-hydrogen) atoms. The standard InChI is InChI=1S/C22H19N5S/c1-11-4-6-14(7-5-11)15-9-16(15)20-25-21-19-18(23-10-27(21)26-20)17-12(2)8-13(3)24-22(17)28-19/h4-8,10,15-16H,9H2,1-3H3/t15-,16-/m1/s1. The van der Waals surface area contributed by atoms with Crippen LogP contribution in [0, 0.1) is 20.8 Å². The van der Waals surface area contributed by atoms with Gasteiger partial charge in [-0.15, -0.1) is 16.4 Å². The molecule has 2 atom stereocenters. The number of hydrogen-bond acceptors (Lipinski definition) is 5. The Kier molecular flexibility index (Phi) is 3.21. The summed E-state index contributed by atoms with van der Waals surface area (Å²) < 4.78 is 2.91. The Morgan fingerprint density at radius 2 is 1.86 bits per heavy atom. The first-order valence-corrected chi connectivity index (χ1v) is 10.4. The fourth-order valence-corrected chi connectivity index (χ4v) is 5.43. The number of benzene rings is 1. The van der Waals surface area contributed by atoms with Crippen LogP contribution < -0.4 is 0 Å². The minimum atomic E-state index is 0.397. The predicted octanol–water partition coefficient (Wildman–Crippen LogP) is 5.08. The number of hydrogen-bond donors (Lipinski definition) is 0. The number of thiophene rings is 1. The first-order valence-electron chi connectivity index (χ1n) is 9.57. The van der Waals surface area contributed by atoms with Crippen molar-refractivity contribution < 1.29 is 0 Å². The molecular formula is C22H19N5S. The summed E-state index contributed by atoms with van der Waals surface area (Å²) in [5.41, 5.74) is 6.82. The molecule has 1 saturated carbocycles. The normalized spacial score (nSPS) is 19.1. The lowest BCUT2D eigenvalue weighted by molar-refractivity contribution is 0.850. The molecule has 6 rings (SSSR count). The zero-order valence-corrected chi connectivity index (χ0v) is 16.8. The number of aryl methyl sites for hydroxylation is 3. The lowest BCUT2D eigenvalue weighted by Gasteiger charge is -1.99. The highest BCUT2D eigenvalue weighted by Crippen LogP contribution is 2.53. The van der Waals surface area contributed by atoms with Gasteiger partial charge in [0, 0.05) is 17.0 Å². The van der Waals surface area contributed by atoms with Gasteiger partial charge in [0.2, 0.25) is 0 Å². The maximum Gasteiger partial charge on any atom is 0.176 e. The first-order chi connectivity index (χ1) is 13.6. The molecule has 4 aromatic heterocycles. The Bertz CT molecular complexity index is 1380. The van der Waals surface area contributed by atoms with E-state index in [9.17, 15) is 0 Å². The van der Waals surface area contributed by atoms with E-state index in [0.717, 1.165) is 44.0 Å². The average Bonchev–Trinajstić information content (AvgIpc) is 3.18. The molecule has 0 unspecified atom stereocenters. The largest absolute Gasteiger partial charge is 0.242 e. The lowest BCUT2D eigenvalue weighted by atomic mass is 10.1. The minimum absolute atomic E-state index is 0.397. The quantitative estimate of drug-likeness (QED) is 0.425. The van der Waals surface area contributed by atoms with Crippen LogP contribution >= 0.6 is 11.3 Å².